The first-order valence-corrected chi connectivity index (χ1v) is 7.53. The fourth-order valence-electron chi connectivity index (χ4n) is 2.41. The molecule has 1 aliphatic rings. The number of ether oxygens (including phenoxy) is 1. The highest BCUT2D eigenvalue weighted by molar-refractivity contribution is 5.97. The van der Waals surface area contributed by atoms with E-state index >= 15 is 0 Å². The third kappa shape index (κ3) is 3.69. The van der Waals surface area contributed by atoms with Crippen LogP contribution < -0.4 is 14.5 Å². The SMILES string of the molecule is CCCCN(CCC(=O)O)c1ccc2c(c1)OCC(=O)N2C. The van der Waals surface area contributed by atoms with Crippen molar-refractivity contribution in [3.63, 3.8) is 0 Å². The molecule has 6 heteroatoms. The molecule has 1 heterocycles. The number of hydrogen-bond donors (Lipinski definition) is 1. The summed E-state index contributed by atoms with van der Waals surface area (Å²) in [6.07, 6.45) is 2.14. The predicted octanol–water partition coefficient (Wildman–Crippen LogP) is 2.12. The normalized spacial score (nSPS) is 13.5. The van der Waals surface area contributed by atoms with Crippen LogP contribution in [0.5, 0.6) is 5.75 Å². The summed E-state index contributed by atoms with van der Waals surface area (Å²) in [5, 5.41) is 8.90. The van der Waals surface area contributed by atoms with Crippen LogP contribution in [0, 0.1) is 0 Å². The second-order valence-corrected chi connectivity index (χ2v) is 5.38. The highest BCUT2D eigenvalue weighted by Crippen LogP contribution is 2.35. The number of benzene rings is 1. The third-order valence-electron chi connectivity index (χ3n) is 3.77. The lowest BCUT2D eigenvalue weighted by Crippen LogP contribution is -2.35. The van der Waals surface area contributed by atoms with Crippen LogP contribution in [0.4, 0.5) is 11.4 Å². The zero-order valence-electron chi connectivity index (χ0n) is 13.0. The van der Waals surface area contributed by atoms with E-state index in [2.05, 4.69) is 11.8 Å². The molecule has 0 saturated heterocycles. The van der Waals surface area contributed by atoms with Gasteiger partial charge in [0.2, 0.25) is 0 Å². The number of fused-ring (bicyclic) bond motifs is 1. The highest BCUT2D eigenvalue weighted by Gasteiger charge is 2.23. The number of carboxylic acid groups (broad SMARTS) is 1. The van der Waals surface area contributed by atoms with E-state index in [4.69, 9.17) is 9.84 Å². The van der Waals surface area contributed by atoms with Crippen LogP contribution in [0.15, 0.2) is 18.2 Å². The van der Waals surface area contributed by atoms with Crippen LogP contribution in [0.2, 0.25) is 0 Å². The van der Waals surface area contributed by atoms with Crippen molar-refractivity contribution < 1.29 is 19.4 Å². The Labute approximate surface area is 130 Å². The quantitative estimate of drug-likeness (QED) is 0.835. The van der Waals surface area contributed by atoms with Crippen molar-refractivity contribution in [2.24, 2.45) is 0 Å². The van der Waals surface area contributed by atoms with E-state index in [9.17, 15) is 9.59 Å². The van der Waals surface area contributed by atoms with Crippen molar-refractivity contribution >= 4 is 23.3 Å². The van der Waals surface area contributed by atoms with Crippen LogP contribution in [0.1, 0.15) is 26.2 Å². The van der Waals surface area contributed by atoms with Gasteiger partial charge in [-0.25, -0.2) is 0 Å². The summed E-state index contributed by atoms with van der Waals surface area (Å²) >= 11 is 0. The van der Waals surface area contributed by atoms with Gasteiger partial charge in [0, 0.05) is 31.9 Å². The van der Waals surface area contributed by atoms with Crippen molar-refractivity contribution in [3.8, 4) is 5.75 Å². The Bertz CT molecular complexity index is 559. The molecule has 0 aromatic heterocycles. The van der Waals surface area contributed by atoms with E-state index in [0.29, 0.717) is 12.3 Å². The first-order chi connectivity index (χ1) is 10.5. The van der Waals surface area contributed by atoms with E-state index in [1.165, 1.54) is 0 Å². The molecule has 0 saturated carbocycles. The van der Waals surface area contributed by atoms with Gasteiger partial charge in [0.1, 0.15) is 5.75 Å². The molecule has 1 aromatic rings. The van der Waals surface area contributed by atoms with Crippen molar-refractivity contribution in [2.75, 3.05) is 36.5 Å². The number of hydrogen-bond acceptors (Lipinski definition) is 4. The lowest BCUT2D eigenvalue weighted by molar-refractivity contribution is -0.136. The summed E-state index contributed by atoms with van der Waals surface area (Å²) in [7, 11) is 1.72. The van der Waals surface area contributed by atoms with Crippen LogP contribution in [-0.4, -0.2) is 43.7 Å². The minimum Gasteiger partial charge on any atom is -0.481 e. The second kappa shape index (κ2) is 7.15. The van der Waals surface area contributed by atoms with Crippen LogP contribution in [-0.2, 0) is 9.59 Å². The third-order valence-corrected chi connectivity index (χ3v) is 3.77. The van der Waals surface area contributed by atoms with Crippen molar-refractivity contribution in [3.05, 3.63) is 18.2 Å². The van der Waals surface area contributed by atoms with Crippen LogP contribution in [0.3, 0.4) is 0 Å². The molecule has 1 N–H and O–H groups in total. The average Bonchev–Trinajstić information content (AvgIpc) is 2.50. The number of aliphatic carboxylic acids is 1. The first-order valence-electron chi connectivity index (χ1n) is 7.53. The number of nitrogens with zero attached hydrogens (tertiary/aromatic N) is 2. The molecule has 0 bridgehead atoms. The lowest BCUT2D eigenvalue weighted by Gasteiger charge is -2.29. The zero-order valence-corrected chi connectivity index (χ0v) is 13.0. The summed E-state index contributed by atoms with van der Waals surface area (Å²) in [6, 6.07) is 5.64. The molecule has 0 atom stereocenters. The number of carboxylic acids is 1. The molecule has 0 aliphatic carbocycles. The average molecular weight is 306 g/mol. The van der Waals surface area contributed by atoms with Crippen molar-refractivity contribution in [1.29, 1.82) is 0 Å². The number of likely N-dealkylation sites (N-methyl/N-ethyl adjacent to an activating group) is 1. The topological polar surface area (TPSA) is 70.1 Å². The minimum absolute atomic E-state index is 0.0387. The number of carbonyl (C=O) groups excluding carboxylic acids is 1. The fraction of sp³-hybridized carbons (Fsp3) is 0.500. The Kier molecular flexibility index (Phi) is 5.25. The van der Waals surface area contributed by atoms with E-state index in [1.54, 1.807) is 11.9 Å². The molecule has 2 rings (SSSR count). The molecule has 0 fully saturated rings. The monoisotopic (exact) mass is 306 g/mol. The van der Waals surface area contributed by atoms with Gasteiger partial charge in [0.25, 0.3) is 5.91 Å². The van der Waals surface area contributed by atoms with Gasteiger partial charge in [-0.15, -0.1) is 0 Å². The summed E-state index contributed by atoms with van der Waals surface area (Å²) in [4.78, 5) is 26.1. The maximum absolute atomic E-state index is 11.6. The molecular formula is C16H22N2O4. The Hall–Kier alpha value is -2.24. The Balaban J connectivity index is 2.20. The molecule has 1 aromatic carbocycles. The molecular weight excluding hydrogens is 284 g/mol. The van der Waals surface area contributed by atoms with Crippen LogP contribution >= 0.6 is 0 Å². The molecule has 1 amide bonds. The largest absolute Gasteiger partial charge is 0.481 e. The Morgan fingerprint density at radius 3 is 2.86 bits per heavy atom. The number of rotatable bonds is 7. The molecule has 22 heavy (non-hydrogen) atoms. The van der Waals surface area contributed by atoms with Gasteiger partial charge in [-0.05, 0) is 18.6 Å². The molecule has 1 aliphatic heterocycles. The predicted molar refractivity (Wildman–Crippen MR) is 84.7 cm³/mol. The van der Waals surface area contributed by atoms with Gasteiger partial charge in [0.15, 0.2) is 6.61 Å². The molecule has 6 nitrogen and oxygen atoms in total. The zero-order chi connectivity index (χ0) is 16.1. The van der Waals surface area contributed by atoms with Gasteiger partial charge in [-0.2, -0.15) is 0 Å². The van der Waals surface area contributed by atoms with Crippen molar-refractivity contribution in [2.45, 2.75) is 26.2 Å². The highest BCUT2D eigenvalue weighted by atomic mass is 16.5. The van der Waals surface area contributed by atoms with Gasteiger partial charge < -0.3 is 19.6 Å². The summed E-state index contributed by atoms with van der Waals surface area (Å²) in [5.41, 5.74) is 1.67. The maximum Gasteiger partial charge on any atom is 0.305 e. The molecule has 0 unspecified atom stereocenters. The smallest absolute Gasteiger partial charge is 0.305 e. The molecule has 120 valence electrons. The first kappa shape index (κ1) is 16.1. The van der Waals surface area contributed by atoms with E-state index in [0.717, 1.165) is 30.8 Å². The summed E-state index contributed by atoms with van der Waals surface area (Å²) in [6.45, 7) is 3.41. The number of amides is 1. The number of anilines is 2. The van der Waals surface area contributed by atoms with E-state index < -0.39 is 5.97 Å². The van der Waals surface area contributed by atoms with Gasteiger partial charge in [-0.1, -0.05) is 13.3 Å². The maximum atomic E-state index is 11.6. The standard InChI is InChI=1S/C16H22N2O4/c1-3-4-8-18(9-7-16(20)21)12-5-6-13-14(10-12)22-11-15(19)17(13)2/h5-6,10H,3-4,7-9,11H2,1-2H3,(H,20,21). The summed E-state index contributed by atoms with van der Waals surface area (Å²) < 4.78 is 5.49. The van der Waals surface area contributed by atoms with Crippen molar-refractivity contribution in [1.82, 2.24) is 0 Å². The Morgan fingerprint density at radius 2 is 2.18 bits per heavy atom. The molecule has 0 spiro atoms. The van der Waals surface area contributed by atoms with Gasteiger partial charge >= 0.3 is 5.97 Å². The number of carbonyl (C=O) groups is 2. The summed E-state index contributed by atoms with van der Waals surface area (Å²) in [5.74, 6) is -0.216. The van der Waals surface area contributed by atoms with E-state index in [-0.39, 0.29) is 18.9 Å². The van der Waals surface area contributed by atoms with Gasteiger partial charge in [0.05, 0.1) is 12.1 Å². The minimum atomic E-state index is -0.805. The van der Waals surface area contributed by atoms with Crippen LogP contribution in [0.25, 0.3) is 0 Å². The lowest BCUT2D eigenvalue weighted by atomic mass is 10.2. The number of unbranched alkanes of at least 4 members (excludes halogenated alkanes) is 1. The van der Waals surface area contributed by atoms with Gasteiger partial charge in [-0.3, -0.25) is 9.59 Å². The second-order valence-electron chi connectivity index (χ2n) is 5.38. The molecule has 0 radical (unpaired) electrons. The Morgan fingerprint density at radius 1 is 1.41 bits per heavy atom. The van der Waals surface area contributed by atoms with E-state index in [1.807, 2.05) is 18.2 Å². The fourth-order valence-corrected chi connectivity index (χ4v) is 2.41.